The van der Waals surface area contributed by atoms with Crippen LogP contribution in [0.3, 0.4) is 0 Å². The van der Waals surface area contributed by atoms with Crippen molar-refractivity contribution in [3.05, 3.63) is 29.3 Å². The van der Waals surface area contributed by atoms with Crippen LogP contribution in [0, 0.1) is 18.3 Å². The second kappa shape index (κ2) is 5.52. The van der Waals surface area contributed by atoms with Crippen molar-refractivity contribution in [2.45, 2.75) is 37.8 Å². The van der Waals surface area contributed by atoms with Gasteiger partial charge in [-0.05, 0) is 44.5 Å². The zero-order valence-electron chi connectivity index (χ0n) is 11.9. The average molecular weight is 293 g/mol. The van der Waals surface area contributed by atoms with E-state index < -0.39 is 10.0 Å². The predicted octanol–water partition coefficient (Wildman–Crippen LogP) is 1.24. The lowest BCUT2D eigenvalue weighted by molar-refractivity contribution is 0.263. The van der Waals surface area contributed by atoms with Gasteiger partial charge in [-0.3, -0.25) is 0 Å². The van der Waals surface area contributed by atoms with E-state index in [1.54, 1.807) is 19.1 Å². The van der Waals surface area contributed by atoms with Crippen LogP contribution in [0.5, 0.6) is 0 Å². The number of nitrogens with zero attached hydrogens (tertiary/aromatic N) is 2. The van der Waals surface area contributed by atoms with Gasteiger partial charge in [-0.15, -0.1) is 0 Å². The van der Waals surface area contributed by atoms with Gasteiger partial charge in [-0.2, -0.15) is 9.57 Å². The largest absolute Gasteiger partial charge is 0.309 e. The maximum Gasteiger partial charge on any atom is 0.243 e. The highest BCUT2D eigenvalue weighted by atomic mass is 32.2. The topological polar surface area (TPSA) is 73.2 Å². The number of hydrogen-bond donors (Lipinski definition) is 1. The zero-order chi connectivity index (χ0) is 14.9. The Morgan fingerprint density at radius 2 is 1.90 bits per heavy atom. The lowest BCUT2D eigenvalue weighted by atomic mass is 10.2. The molecule has 1 saturated heterocycles. The fourth-order valence-corrected chi connectivity index (χ4v) is 4.44. The molecule has 2 rings (SSSR count). The van der Waals surface area contributed by atoms with Crippen LogP contribution < -0.4 is 5.32 Å². The molecule has 0 spiro atoms. The van der Waals surface area contributed by atoms with E-state index in [0.717, 1.165) is 0 Å². The number of nitrogens with one attached hydrogen (secondary N) is 1. The molecule has 0 radical (unpaired) electrons. The highest BCUT2D eigenvalue weighted by molar-refractivity contribution is 7.89. The molecule has 5 nitrogen and oxygen atoms in total. The summed E-state index contributed by atoms with van der Waals surface area (Å²) < 4.78 is 26.9. The number of aryl methyl sites for hydroxylation is 1. The molecule has 0 aromatic heterocycles. The van der Waals surface area contributed by atoms with Gasteiger partial charge >= 0.3 is 0 Å². The maximum absolute atomic E-state index is 12.7. The van der Waals surface area contributed by atoms with Crippen LogP contribution in [-0.4, -0.2) is 37.9 Å². The van der Waals surface area contributed by atoms with Crippen molar-refractivity contribution < 1.29 is 8.42 Å². The van der Waals surface area contributed by atoms with E-state index in [4.69, 9.17) is 5.26 Å². The first-order valence-electron chi connectivity index (χ1n) is 6.61. The van der Waals surface area contributed by atoms with Crippen LogP contribution in [0.25, 0.3) is 0 Å². The Hall–Kier alpha value is -1.42. The highest BCUT2D eigenvalue weighted by Gasteiger charge is 2.32. The molecular weight excluding hydrogens is 274 g/mol. The summed E-state index contributed by atoms with van der Waals surface area (Å²) >= 11 is 0. The first-order valence-corrected chi connectivity index (χ1v) is 8.05. The number of sulfonamides is 1. The molecule has 108 valence electrons. The number of nitriles is 1. The third kappa shape index (κ3) is 2.85. The summed E-state index contributed by atoms with van der Waals surface area (Å²) in [5, 5.41) is 12.2. The molecule has 1 heterocycles. The Bertz CT molecular complexity index is 639. The maximum atomic E-state index is 12.7. The molecule has 20 heavy (non-hydrogen) atoms. The molecule has 6 heteroatoms. The smallest absolute Gasteiger partial charge is 0.243 e. The molecular formula is C14H19N3O2S. The summed E-state index contributed by atoms with van der Waals surface area (Å²) in [4.78, 5) is 0.290. The zero-order valence-corrected chi connectivity index (χ0v) is 12.7. The van der Waals surface area contributed by atoms with Crippen LogP contribution in [-0.2, 0) is 10.0 Å². The van der Waals surface area contributed by atoms with Gasteiger partial charge in [0.15, 0.2) is 0 Å². The molecule has 1 aliphatic rings. The number of rotatable bonds is 2. The Balaban J connectivity index is 2.38. The molecule has 1 aliphatic heterocycles. The molecule has 2 unspecified atom stereocenters. The molecule has 0 aliphatic carbocycles. The second-order valence-corrected chi connectivity index (χ2v) is 7.29. The average Bonchev–Trinajstić information content (AvgIpc) is 2.37. The van der Waals surface area contributed by atoms with E-state index in [9.17, 15) is 8.42 Å². The summed E-state index contributed by atoms with van der Waals surface area (Å²) in [7, 11) is -3.50. The summed E-state index contributed by atoms with van der Waals surface area (Å²) in [6, 6.07) is 6.98. The number of hydrogen-bond acceptors (Lipinski definition) is 4. The minimum atomic E-state index is -3.50. The Morgan fingerprint density at radius 3 is 2.40 bits per heavy atom. The Kier molecular flexibility index (Phi) is 4.14. The fourth-order valence-electron chi connectivity index (χ4n) is 2.62. The predicted molar refractivity (Wildman–Crippen MR) is 76.7 cm³/mol. The first-order chi connectivity index (χ1) is 9.34. The number of piperazine rings is 1. The van der Waals surface area contributed by atoms with E-state index >= 15 is 0 Å². The summed E-state index contributed by atoms with van der Waals surface area (Å²) in [6.07, 6.45) is 0. The van der Waals surface area contributed by atoms with Crippen molar-refractivity contribution >= 4 is 10.0 Å². The molecule has 1 aromatic carbocycles. The molecule has 1 N–H and O–H groups in total. The van der Waals surface area contributed by atoms with Crippen molar-refractivity contribution in [2.75, 3.05) is 13.1 Å². The van der Waals surface area contributed by atoms with Crippen LogP contribution >= 0.6 is 0 Å². The van der Waals surface area contributed by atoms with Gasteiger partial charge in [0, 0.05) is 25.2 Å². The summed E-state index contributed by atoms with van der Waals surface area (Å²) in [5.41, 5.74) is 1.09. The van der Waals surface area contributed by atoms with E-state index in [0.29, 0.717) is 24.2 Å². The van der Waals surface area contributed by atoms with Crippen LogP contribution in [0.4, 0.5) is 0 Å². The van der Waals surface area contributed by atoms with Crippen molar-refractivity contribution in [2.24, 2.45) is 0 Å². The third-order valence-corrected chi connectivity index (χ3v) is 5.44. The monoisotopic (exact) mass is 293 g/mol. The molecule has 2 atom stereocenters. The lowest BCUT2D eigenvalue weighted by Gasteiger charge is -2.35. The van der Waals surface area contributed by atoms with E-state index in [2.05, 4.69) is 5.32 Å². The SMILES string of the molecule is Cc1cc(C#N)ccc1S(=O)(=O)N1CC(C)NC(C)C1. The first kappa shape index (κ1) is 15.0. The fraction of sp³-hybridized carbons (Fsp3) is 0.500. The van der Waals surface area contributed by atoms with Gasteiger partial charge in [0.05, 0.1) is 16.5 Å². The molecule has 1 fully saturated rings. The highest BCUT2D eigenvalue weighted by Crippen LogP contribution is 2.22. The molecule has 0 saturated carbocycles. The van der Waals surface area contributed by atoms with Gasteiger partial charge in [0.2, 0.25) is 10.0 Å². The van der Waals surface area contributed by atoms with Crippen LogP contribution in [0.1, 0.15) is 25.0 Å². The van der Waals surface area contributed by atoms with Crippen LogP contribution in [0.2, 0.25) is 0 Å². The Morgan fingerprint density at radius 1 is 1.30 bits per heavy atom. The minimum Gasteiger partial charge on any atom is -0.309 e. The van der Waals surface area contributed by atoms with Crippen molar-refractivity contribution in [1.29, 1.82) is 5.26 Å². The van der Waals surface area contributed by atoms with Gasteiger partial charge in [0.25, 0.3) is 0 Å². The van der Waals surface area contributed by atoms with E-state index in [-0.39, 0.29) is 17.0 Å². The third-order valence-electron chi connectivity index (χ3n) is 3.45. The van der Waals surface area contributed by atoms with E-state index in [1.807, 2.05) is 19.9 Å². The minimum absolute atomic E-state index is 0.132. The second-order valence-electron chi connectivity index (χ2n) is 5.38. The van der Waals surface area contributed by atoms with Crippen molar-refractivity contribution in [3.8, 4) is 6.07 Å². The van der Waals surface area contributed by atoms with Crippen molar-refractivity contribution in [1.82, 2.24) is 9.62 Å². The van der Waals surface area contributed by atoms with Gasteiger partial charge in [0.1, 0.15) is 0 Å². The normalized spacial score (nSPS) is 24.3. The van der Waals surface area contributed by atoms with Gasteiger partial charge in [-0.25, -0.2) is 8.42 Å². The number of benzene rings is 1. The summed E-state index contributed by atoms with van der Waals surface area (Å²) in [6.45, 7) is 6.61. The van der Waals surface area contributed by atoms with E-state index in [1.165, 1.54) is 10.4 Å². The molecule has 0 bridgehead atoms. The van der Waals surface area contributed by atoms with Gasteiger partial charge in [-0.1, -0.05) is 0 Å². The quantitative estimate of drug-likeness (QED) is 0.890. The standard InChI is InChI=1S/C14H19N3O2S/c1-10-6-13(7-15)4-5-14(10)20(18,19)17-8-11(2)16-12(3)9-17/h4-6,11-12,16H,8-9H2,1-3H3. The van der Waals surface area contributed by atoms with Crippen molar-refractivity contribution in [3.63, 3.8) is 0 Å². The molecule has 1 aromatic rings. The molecule has 0 amide bonds. The summed E-state index contributed by atoms with van der Waals surface area (Å²) in [5.74, 6) is 0. The Labute approximate surface area is 120 Å². The lowest BCUT2D eigenvalue weighted by Crippen LogP contribution is -2.55. The van der Waals surface area contributed by atoms with Crippen LogP contribution in [0.15, 0.2) is 23.1 Å². The van der Waals surface area contributed by atoms with Gasteiger partial charge < -0.3 is 5.32 Å².